The molecule has 0 saturated carbocycles. The summed E-state index contributed by atoms with van der Waals surface area (Å²) < 4.78 is 0.723. The Balaban J connectivity index is 2.29. The molecule has 0 aromatic rings. The smallest absolute Gasteiger partial charge is 0.126 e. The number of likely N-dealkylation sites (N-methyl/N-ethyl adjacent to an activating group) is 1. The van der Waals surface area contributed by atoms with Gasteiger partial charge in [0.15, 0.2) is 0 Å². The minimum Gasteiger partial charge on any atom is -0.244 e. The van der Waals surface area contributed by atoms with Gasteiger partial charge >= 0.3 is 0 Å². The summed E-state index contributed by atoms with van der Waals surface area (Å²) in [4.78, 5) is 0. The molecule has 2 bridgehead atoms. The summed E-state index contributed by atoms with van der Waals surface area (Å²) in [7, 11) is 2.11. The molecule has 0 unspecified atom stereocenters. The molecule has 1 saturated heterocycles. The predicted octanol–water partition coefficient (Wildman–Crippen LogP) is 0.265. The van der Waals surface area contributed by atoms with E-state index in [4.69, 9.17) is 5.84 Å². The first-order valence-corrected chi connectivity index (χ1v) is 3.50. The summed E-state index contributed by atoms with van der Waals surface area (Å²) in [5, 5.41) is 0. The maximum Gasteiger partial charge on any atom is 0.126 e. The largest absolute Gasteiger partial charge is 0.244 e. The van der Waals surface area contributed by atoms with Crippen molar-refractivity contribution in [3.8, 4) is 0 Å². The average molecular weight is 125 g/mol. The van der Waals surface area contributed by atoms with Crippen LogP contribution < -0.4 is 5.84 Å². The minimum atomic E-state index is 0.620. The van der Waals surface area contributed by atoms with Crippen LogP contribution in [0.2, 0.25) is 0 Å². The van der Waals surface area contributed by atoms with Crippen molar-refractivity contribution in [3.05, 3.63) is 12.2 Å². The second-order valence-electron chi connectivity index (χ2n) is 3.48. The van der Waals surface area contributed by atoms with E-state index in [-0.39, 0.29) is 0 Å². The van der Waals surface area contributed by atoms with Crippen LogP contribution in [0, 0.1) is 5.92 Å². The van der Waals surface area contributed by atoms with Crippen LogP contribution in [-0.2, 0) is 0 Å². The predicted molar refractivity (Wildman–Crippen MR) is 36.3 cm³/mol. The first-order chi connectivity index (χ1) is 4.18. The summed E-state index contributed by atoms with van der Waals surface area (Å²) in [6, 6.07) is 0.620. The highest BCUT2D eigenvalue weighted by Gasteiger charge is 2.43. The zero-order chi connectivity index (χ0) is 6.48. The maximum atomic E-state index is 5.95. The van der Waals surface area contributed by atoms with Gasteiger partial charge in [0.2, 0.25) is 0 Å². The zero-order valence-corrected chi connectivity index (χ0v) is 5.75. The highest BCUT2D eigenvalue weighted by Crippen LogP contribution is 2.33. The normalized spacial score (nSPS) is 54.9. The Bertz CT molecular complexity index is 160. The lowest BCUT2D eigenvalue weighted by Crippen LogP contribution is -2.54. The molecule has 0 aromatic heterocycles. The highest BCUT2D eigenvalue weighted by atomic mass is 15.6. The van der Waals surface area contributed by atoms with Gasteiger partial charge in [-0.3, -0.25) is 0 Å². The van der Waals surface area contributed by atoms with Gasteiger partial charge in [0.25, 0.3) is 0 Å². The van der Waals surface area contributed by atoms with Crippen molar-refractivity contribution in [2.75, 3.05) is 13.6 Å². The number of likely N-dealkylation sites (tertiary alicyclic amines) is 1. The van der Waals surface area contributed by atoms with Crippen molar-refractivity contribution in [2.24, 2.45) is 11.8 Å². The van der Waals surface area contributed by atoms with E-state index < -0.39 is 0 Å². The lowest BCUT2D eigenvalue weighted by molar-refractivity contribution is -0.928. The molecule has 0 spiro atoms. The van der Waals surface area contributed by atoms with Crippen LogP contribution >= 0.6 is 0 Å². The van der Waals surface area contributed by atoms with E-state index in [1.807, 2.05) is 0 Å². The molecule has 50 valence electrons. The number of hydrogen-bond acceptors (Lipinski definition) is 1. The lowest BCUT2D eigenvalue weighted by atomic mass is 10.2. The van der Waals surface area contributed by atoms with Crippen molar-refractivity contribution >= 4 is 0 Å². The van der Waals surface area contributed by atoms with Gasteiger partial charge in [-0.2, -0.15) is 5.84 Å². The number of fused-ring (bicyclic) bond motifs is 2. The van der Waals surface area contributed by atoms with Crippen molar-refractivity contribution in [2.45, 2.75) is 12.5 Å². The van der Waals surface area contributed by atoms with Crippen LogP contribution in [0.15, 0.2) is 12.2 Å². The van der Waals surface area contributed by atoms with Crippen LogP contribution in [0.4, 0.5) is 0 Å². The van der Waals surface area contributed by atoms with E-state index in [2.05, 4.69) is 19.2 Å². The topological polar surface area (TPSA) is 26.0 Å². The Kier molecular flexibility index (Phi) is 0.838. The summed E-state index contributed by atoms with van der Waals surface area (Å²) in [6.45, 7) is 1.14. The van der Waals surface area contributed by atoms with E-state index in [1.165, 1.54) is 6.42 Å². The third-order valence-electron chi connectivity index (χ3n) is 2.54. The number of hydrogen-bond donors (Lipinski definition) is 1. The van der Waals surface area contributed by atoms with Crippen molar-refractivity contribution in [1.29, 1.82) is 0 Å². The standard InChI is InChI=1S/C7H13N2/c1-9(8)5-6-2-3-7(9)4-6/h2-3,6-7H,4-5,8H2,1H3/q+1/t6-,7+,9+/m1/s1. The third-order valence-corrected chi connectivity index (χ3v) is 2.54. The van der Waals surface area contributed by atoms with Crippen molar-refractivity contribution in [3.63, 3.8) is 0 Å². The molecule has 0 aromatic carbocycles. The Labute approximate surface area is 55.5 Å². The van der Waals surface area contributed by atoms with Crippen LogP contribution in [-0.4, -0.2) is 24.2 Å². The van der Waals surface area contributed by atoms with Gasteiger partial charge in [-0.15, -0.1) is 0 Å². The van der Waals surface area contributed by atoms with E-state index in [1.54, 1.807) is 0 Å². The highest BCUT2D eigenvalue weighted by molar-refractivity contribution is 5.06. The van der Waals surface area contributed by atoms with E-state index >= 15 is 0 Å². The summed E-state index contributed by atoms with van der Waals surface area (Å²) in [5.74, 6) is 6.73. The second kappa shape index (κ2) is 1.39. The van der Waals surface area contributed by atoms with Gasteiger partial charge in [-0.1, -0.05) is 6.08 Å². The van der Waals surface area contributed by atoms with Gasteiger partial charge in [-0.25, -0.2) is 4.59 Å². The number of rotatable bonds is 0. The fourth-order valence-corrected chi connectivity index (χ4v) is 1.97. The van der Waals surface area contributed by atoms with Crippen LogP contribution in [0.5, 0.6) is 0 Å². The monoisotopic (exact) mass is 125 g/mol. The molecular formula is C7H13N2+. The first kappa shape index (κ1) is 5.45. The van der Waals surface area contributed by atoms with Gasteiger partial charge in [-0.05, 0) is 6.08 Å². The Morgan fingerprint density at radius 1 is 1.56 bits per heavy atom. The third kappa shape index (κ3) is 0.635. The molecule has 2 N–H and O–H groups in total. The van der Waals surface area contributed by atoms with Gasteiger partial charge < -0.3 is 0 Å². The molecule has 2 nitrogen and oxygen atoms in total. The second-order valence-corrected chi connectivity index (χ2v) is 3.48. The van der Waals surface area contributed by atoms with Crippen LogP contribution in [0.3, 0.4) is 0 Å². The molecular weight excluding hydrogens is 112 g/mol. The molecule has 1 aliphatic carbocycles. The van der Waals surface area contributed by atoms with E-state index in [0.717, 1.165) is 17.1 Å². The molecule has 0 amide bonds. The number of nitrogens with zero attached hydrogens (tertiary/aromatic N) is 1. The number of nitrogens with two attached hydrogens (primary N) is 1. The molecule has 2 heteroatoms. The fraction of sp³-hybridized carbons (Fsp3) is 0.714. The lowest BCUT2D eigenvalue weighted by Gasteiger charge is -2.29. The molecule has 1 fully saturated rings. The van der Waals surface area contributed by atoms with Gasteiger partial charge in [0.05, 0.1) is 7.05 Å². The summed E-state index contributed by atoms with van der Waals surface area (Å²) in [6.07, 6.45) is 5.85. The Morgan fingerprint density at radius 2 is 2.33 bits per heavy atom. The quantitative estimate of drug-likeness (QED) is 0.280. The Morgan fingerprint density at radius 3 is 2.56 bits per heavy atom. The van der Waals surface area contributed by atoms with Gasteiger partial charge in [0, 0.05) is 12.3 Å². The minimum absolute atomic E-state index is 0.620. The molecule has 0 radical (unpaired) electrons. The number of quaternary nitrogens is 1. The van der Waals surface area contributed by atoms with Crippen LogP contribution in [0.25, 0.3) is 0 Å². The first-order valence-electron chi connectivity index (χ1n) is 3.50. The van der Waals surface area contributed by atoms with Gasteiger partial charge in [0.1, 0.15) is 12.6 Å². The van der Waals surface area contributed by atoms with Crippen molar-refractivity contribution < 1.29 is 4.59 Å². The van der Waals surface area contributed by atoms with E-state index in [0.29, 0.717) is 6.04 Å². The Hall–Kier alpha value is -0.340. The molecule has 2 rings (SSSR count). The molecule has 2 aliphatic rings. The molecule has 9 heavy (non-hydrogen) atoms. The van der Waals surface area contributed by atoms with Crippen molar-refractivity contribution in [1.82, 2.24) is 0 Å². The molecule has 1 heterocycles. The summed E-state index contributed by atoms with van der Waals surface area (Å²) in [5.41, 5.74) is 0. The summed E-state index contributed by atoms with van der Waals surface area (Å²) >= 11 is 0. The fourth-order valence-electron chi connectivity index (χ4n) is 1.97. The van der Waals surface area contributed by atoms with E-state index in [9.17, 15) is 0 Å². The maximum absolute atomic E-state index is 5.95. The molecule has 3 atom stereocenters. The zero-order valence-electron chi connectivity index (χ0n) is 5.75. The SMILES string of the molecule is C[N@+]1(N)C[C@@H]2C=C[C@H]1C2. The average Bonchev–Trinajstić information content (AvgIpc) is 2.19. The van der Waals surface area contributed by atoms with Crippen LogP contribution in [0.1, 0.15) is 6.42 Å². The molecule has 1 aliphatic heterocycles.